The van der Waals surface area contributed by atoms with Crippen molar-refractivity contribution in [1.29, 1.82) is 0 Å². The van der Waals surface area contributed by atoms with Crippen molar-refractivity contribution >= 4 is 17.4 Å². The van der Waals surface area contributed by atoms with Gasteiger partial charge in [0.1, 0.15) is 5.38 Å². The molecule has 0 spiro atoms. The van der Waals surface area contributed by atoms with Crippen molar-refractivity contribution in [2.45, 2.75) is 11.8 Å². The first-order valence-corrected chi connectivity index (χ1v) is 7.03. The third-order valence-corrected chi connectivity index (χ3v) is 3.56. The summed E-state index contributed by atoms with van der Waals surface area (Å²) in [4.78, 5) is 12.2. The van der Waals surface area contributed by atoms with Gasteiger partial charge in [0.25, 0.3) is 0 Å². The van der Waals surface area contributed by atoms with Crippen LogP contribution in [0.4, 0.5) is 0 Å². The van der Waals surface area contributed by atoms with Gasteiger partial charge in [0.2, 0.25) is 0 Å². The van der Waals surface area contributed by atoms with Crippen LogP contribution < -0.4 is 9.47 Å². The fourth-order valence-electron chi connectivity index (χ4n) is 2.09. The van der Waals surface area contributed by atoms with E-state index in [-0.39, 0.29) is 5.78 Å². The van der Waals surface area contributed by atoms with Crippen LogP contribution in [0.15, 0.2) is 48.5 Å². The maximum Gasteiger partial charge on any atom is 0.180 e. The first-order chi connectivity index (χ1) is 10.2. The topological polar surface area (TPSA) is 35.5 Å². The lowest BCUT2D eigenvalue weighted by Crippen LogP contribution is -2.17. The van der Waals surface area contributed by atoms with Crippen molar-refractivity contribution in [1.82, 2.24) is 0 Å². The van der Waals surface area contributed by atoms with E-state index in [1.807, 2.05) is 36.4 Å². The van der Waals surface area contributed by atoms with Gasteiger partial charge < -0.3 is 9.47 Å². The summed E-state index contributed by atoms with van der Waals surface area (Å²) < 4.78 is 10.4. The van der Waals surface area contributed by atoms with Crippen molar-refractivity contribution in [3.8, 4) is 11.5 Å². The Bertz CT molecular complexity index is 611. The van der Waals surface area contributed by atoms with Crippen LogP contribution >= 0.6 is 11.6 Å². The molecule has 0 saturated heterocycles. The predicted molar refractivity (Wildman–Crippen MR) is 83.7 cm³/mol. The molecule has 2 rings (SSSR count). The number of halogens is 1. The second-order valence-corrected chi connectivity index (χ2v) is 5.12. The van der Waals surface area contributed by atoms with Crippen LogP contribution in [-0.4, -0.2) is 25.4 Å². The van der Waals surface area contributed by atoms with Crippen LogP contribution in [0.1, 0.15) is 15.9 Å². The van der Waals surface area contributed by atoms with Gasteiger partial charge in [-0.2, -0.15) is 0 Å². The van der Waals surface area contributed by atoms with Gasteiger partial charge in [-0.25, -0.2) is 0 Å². The predicted octanol–water partition coefficient (Wildman–Crippen LogP) is 3.74. The van der Waals surface area contributed by atoms with Gasteiger partial charge in [0.05, 0.1) is 14.2 Å². The Labute approximate surface area is 129 Å². The molecule has 1 atom stereocenters. The number of benzene rings is 2. The van der Waals surface area contributed by atoms with E-state index in [9.17, 15) is 4.79 Å². The normalized spacial score (nSPS) is 11.8. The van der Waals surface area contributed by atoms with Crippen LogP contribution in [0.25, 0.3) is 0 Å². The molecule has 3 nitrogen and oxygen atoms in total. The van der Waals surface area contributed by atoms with Crippen molar-refractivity contribution in [2.75, 3.05) is 14.2 Å². The monoisotopic (exact) mass is 304 g/mol. The average Bonchev–Trinajstić information content (AvgIpc) is 2.54. The highest BCUT2D eigenvalue weighted by Crippen LogP contribution is 2.28. The van der Waals surface area contributed by atoms with Gasteiger partial charge in [-0.1, -0.05) is 36.4 Å². The van der Waals surface area contributed by atoms with Gasteiger partial charge in [0.15, 0.2) is 17.3 Å². The third-order valence-electron chi connectivity index (χ3n) is 3.21. The molecule has 0 heterocycles. The fraction of sp³-hybridized carbons (Fsp3) is 0.235. The minimum Gasteiger partial charge on any atom is -0.493 e. The standard InChI is InChI=1S/C17H17ClO3/c1-20-15-9-8-12(11-16(15)21-2)10-14(18)17(19)13-6-4-3-5-7-13/h3-9,11,14H,10H2,1-2H3. The quantitative estimate of drug-likeness (QED) is 0.602. The maximum absolute atomic E-state index is 12.2. The zero-order chi connectivity index (χ0) is 15.2. The minimum absolute atomic E-state index is 0.0768. The van der Waals surface area contributed by atoms with Crippen LogP contribution in [0.3, 0.4) is 0 Å². The van der Waals surface area contributed by atoms with Crippen LogP contribution in [-0.2, 0) is 6.42 Å². The molecule has 0 aliphatic heterocycles. The van der Waals surface area contributed by atoms with Gasteiger partial charge in [-0.3, -0.25) is 4.79 Å². The number of carbonyl (C=O) groups excluding carboxylic acids is 1. The van der Waals surface area contributed by atoms with Gasteiger partial charge in [-0.15, -0.1) is 11.6 Å². The largest absolute Gasteiger partial charge is 0.493 e. The molecule has 0 radical (unpaired) electrons. The molecule has 110 valence electrons. The molecule has 0 aliphatic rings. The number of methoxy groups -OCH3 is 2. The van der Waals surface area contributed by atoms with Crippen molar-refractivity contribution < 1.29 is 14.3 Å². The van der Waals surface area contributed by atoms with E-state index in [4.69, 9.17) is 21.1 Å². The molecular weight excluding hydrogens is 288 g/mol. The second kappa shape index (κ2) is 7.14. The molecule has 2 aromatic carbocycles. The lowest BCUT2D eigenvalue weighted by Gasteiger charge is -2.12. The van der Waals surface area contributed by atoms with Crippen LogP contribution in [0, 0.1) is 0 Å². The highest BCUT2D eigenvalue weighted by Gasteiger charge is 2.18. The van der Waals surface area contributed by atoms with Gasteiger partial charge in [-0.05, 0) is 24.1 Å². The Hall–Kier alpha value is -2.00. The molecule has 4 heteroatoms. The van der Waals surface area contributed by atoms with Crippen molar-refractivity contribution in [3.63, 3.8) is 0 Å². The molecule has 0 amide bonds. The second-order valence-electron chi connectivity index (χ2n) is 4.59. The van der Waals surface area contributed by atoms with Crippen LogP contribution in [0.5, 0.6) is 11.5 Å². The van der Waals surface area contributed by atoms with E-state index < -0.39 is 5.38 Å². The molecule has 0 saturated carbocycles. The average molecular weight is 305 g/mol. The first-order valence-electron chi connectivity index (χ1n) is 6.60. The summed E-state index contributed by atoms with van der Waals surface area (Å²) >= 11 is 6.25. The highest BCUT2D eigenvalue weighted by molar-refractivity contribution is 6.34. The molecule has 0 N–H and O–H groups in total. The smallest absolute Gasteiger partial charge is 0.180 e. The molecule has 0 bridgehead atoms. The number of hydrogen-bond donors (Lipinski definition) is 0. The molecule has 1 unspecified atom stereocenters. The summed E-state index contributed by atoms with van der Waals surface area (Å²) in [5, 5.41) is -0.606. The van der Waals surface area contributed by atoms with E-state index in [1.54, 1.807) is 26.4 Å². The molecular formula is C17H17ClO3. The van der Waals surface area contributed by atoms with E-state index in [1.165, 1.54) is 0 Å². The van der Waals surface area contributed by atoms with Crippen LogP contribution in [0.2, 0.25) is 0 Å². The minimum atomic E-state index is -0.606. The van der Waals surface area contributed by atoms with Gasteiger partial charge in [0, 0.05) is 5.56 Å². The Morgan fingerprint density at radius 2 is 1.71 bits per heavy atom. The molecule has 2 aromatic rings. The molecule has 0 fully saturated rings. The van der Waals surface area contributed by atoms with E-state index in [2.05, 4.69) is 0 Å². The summed E-state index contributed by atoms with van der Waals surface area (Å²) in [6.07, 6.45) is 0.440. The lowest BCUT2D eigenvalue weighted by molar-refractivity contribution is 0.0986. The Morgan fingerprint density at radius 3 is 2.33 bits per heavy atom. The van der Waals surface area contributed by atoms with E-state index >= 15 is 0 Å². The number of alkyl halides is 1. The molecule has 0 aromatic heterocycles. The Morgan fingerprint density at radius 1 is 1.05 bits per heavy atom. The third kappa shape index (κ3) is 3.76. The summed E-state index contributed by atoms with van der Waals surface area (Å²) in [7, 11) is 3.16. The van der Waals surface area contributed by atoms with Crippen molar-refractivity contribution in [2.24, 2.45) is 0 Å². The summed E-state index contributed by atoms with van der Waals surface area (Å²) in [6.45, 7) is 0. The number of carbonyl (C=O) groups is 1. The zero-order valence-electron chi connectivity index (χ0n) is 12.0. The summed E-state index contributed by atoms with van der Waals surface area (Å²) in [5.41, 5.74) is 1.55. The zero-order valence-corrected chi connectivity index (χ0v) is 12.8. The Balaban J connectivity index is 2.12. The maximum atomic E-state index is 12.2. The Kier molecular flexibility index (Phi) is 5.23. The van der Waals surface area contributed by atoms with E-state index in [0.29, 0.717) is 23.5 Å². The summed E-state index contributed by atoms with van der Waals surface area (Å²) in [6, 6.07) is 14.6. The lowest BCUT2D eigenvalue weighted by atomic mass is 10.0. The molecule has 21 heavy (non-hydrogen) atoms. The SMILES string of the molecule is COc1ccc(CC(Cl)C(=O)c2ccccc2)cc1OC. The van der Waals surface area contributed by atoms with Gasteiger partial charge >= 0.3 is 0 Å². The molecule has 0 aliphatic carbocycles. The number of ether oxygens (including phenoxy) is 2. The number of hydrogen-bond acceptors (Lipinski definition) is 3. The van der Waals surface area contributed by atoms with Crippen molar-refractivity contribution in [3.05, 3.63) is 59.7 Å². The fourth-order valence-corrected chi connectivity index (χ4v) is 2.39. The highest BCUT2D eigenvalue weighted by atomic mass is 35.5. The number of Topliss-reactive ketones (excluding diaryl/α,β-unsaturated/α-hetero) is 1. The first kappa shape index (κ1) is 15.4. The number of ketones is 1. The summed E-state index contributed by atoms with van der Waals surface area (Å²) in [5.74, 6) is 1.21. The van der Waals surface area contributed by atoms with E-state index in [0.717, 1.165) is 5.56 Å². The number of rotatable bonds is 6.